The van der Waals surface area contributed by atoms with Crippen LogP contribution in [-0.2, 0) is 21.3 Å². The Bertz CT molecular complexity index is 785. The first-order valence-corrected chi connectivity index (χ1v) is 9.00. The van der Waals surface area contributed by atoms with Gasteiger partial charge in [-0.25, -0.2) is 8.42 Å². The van der Waals surface area contributed by atoms with E-state index in [-0.39, 0.29) is 11.5 Å². The fraction of sp³-hybridized carbons (Fsp3) is 0.278. The highest BCUT2D eigenvalue weighted by Gasteiger charge is 2.15. The molecule has 0 saturated heterocycles. The topological polar surface area (TPSA) is 57.9 Å². The Kier molecular flexibility index (Phi) is 4.99. The fourth-order valence-electron chi connectivity index (χ4n) is 2.30. The molecule has 2 rings (SSSR count). The molecule has 0 saturated carbocycles. The maximum absolute atomic E-state index is 12.3. The molecule has 0 heterocycles. The van der Waals surface area contributed by atoms with Gasteiger partial charge in [0.05, 0.1) is 23.1 Å². The Morgan fingerprint density at radius 1 is 1.00 bits per heavy atom. The van der Waals surface area contributed by atoms with E-state index in [1.807, 2.05) is 30.3 Å². The third-order valence-electron chi connectivity index (χ3n) is 3.55. The monoisotopic (exact) mass is 313 g/mol. The van der Waals surface area contributed by atoms with Gasteiger partial charge in [0, 0.05) is 0 Å². The van der Waals surface area contributed by atoms with Gasteiger partial charge in [-0.15, -0.1) is 0 Å². The van der Waals surface area contributed by atoms with Gasteiger partial charge in [0.1, 0.15) is 0 Å². The van der Waals surface area contributed by atoms with Crippen LogP contribution >= 0.6 is 0 Å². The highest BCUT2D eigenvalue weighted by atomic mass is 32.2. The number of nitrogens with zero attached hydrogens (tertiary/aromatic N) is 1. The summed E-state index contributed by atoms with van der Waals surface area (Å²) in [7, 11) is -3.30. The van der Waals surface area contributed by atoms with Crippen molar-refractivity contribution in [3.8, 4) is 6.07 Å². The second-order valence-electron chi connectivity index (χ2n) is 5.70. The van der Waals surface area contributed by atoms with E-state index in [4.69, 9.17) is 5.26 Å². The van der Waals surface area contributed by atoms with Crippen LogP contribution in [0.4, 0.5) is 0 Å². The average molecular weight is 313 g/mol. The third kappa shape index (κ3) is 4.19. The molecule has 0 aliphatic rings. The summed E-state index contributed by atoms with van der Waals surface area (Å²) in [6.45, 7) is 4.20. The summed E-state index contributed by atoms with van der Waals surface area (Å²) in [4.78, 5) is 0. The third-order valence-corrected chi connectivity index (χ3v) is 5.07. The minimum atomic E-state index is -3.30. The molecule has 22 heavy (non-hydrogen) atoms. The lowest BCUT2D eigenvalue weighted by Gasteiger charge is -2.08. The molecule has 0 radical (unpaired) electrons. The first-order valence-electron chi connectivity index (χ1n) is 7.18. The second-order valence-corrected chi connectivity index (χ2v) is 7.76. The maximum atomic E-state index is 12.3. The molecule has 0 amide bonds. The molecule has 2 aromatic rings. The molecule has 4 heteroatoms. The first-order chi connectivity index (χ1) is 10.4. The van der Waals surface area contributed by atoms with Crippen LogP contribution in [0.25, 0.3) is 0 Å². The summed E-state index contributed by atoms with van der Waals surface area (Å²) >= 11 is 0. The van der Waals surface area contributed by atoms with Crippen molar-refractivity contribution in [2.24, 2.45) is 0 Å². The van der Waals surface area contributed by atoms with Crippen LogP contribution in [0.2, 0.25) is 0 Å². The average Bonchev–Trinajstić information content (AvgIpc) is 2.47. The molecule has 3 nitrogen and oxygen atoms in total. The molecule has 114 valence electrons. The molecule has 0 aliphatic heterocycles. The second kappa shape index (κ2) is 6.76. The minimum Gasteiger partial charge on any atom is -0.228 e. The minimum absolute atomic E-state index is 0.00879. The lowest BCUT2D eigenvalue weighted by molar-refractivity contribution is 0.594. The SMILES string of the molecule is CC(C)c1ccc(CS(=O)(=O)Cc2ccccc2C#N)cc1. The van der Waals surface area contributed by atoms with Gasteiger partial charge in [0.25, 0.3) is 0 Å². The molecule has 0 unspecified atom stereocenters. The Morgan fingerprint density at radius 3 is 2.23 bits per heavy atom. The van der Waals surface area contributed by atoms with Gasteiger partial charge < -0.3 is 0 Å². The van der Waals surface area contributed by atoms with Crippen molar-refractivity contribution in [3.63, 3.8) is 0 Å². The van der Waals surface area contributed by atoms with Crippen molar-refractivity contribution >= 4 is 9.84 Å². The number of benzene rings is 2. The van der Waals surface area contributed by atoms with Crippen molar-refractivity contribution in [1.29, 1.82) is 5.26 Å². The zero-order valence-corrected chi connectivity index (χ0v) is 13.6. The van der Waals surface area contributed by atoms with Crippen LogP contribution in [0, 0.1) is 11.3 Å². The van der Waals surface area contributed by atoms with Crippen LogP contribution in [0.15, 0.2) is 48.5 Å². The summed E-state index contributed by atoms with van der Waals surface area (Å²) < 4.78 is 24.7. The van der Waals surface area contributed by atoms with E-state index in [1.165, 1.54) is 5.56 Å². The quantitative estimate of drug-likeness (QED) is 0.843. The van der Waals surface area contributed by atoms with Gasteiger partial charge in [-0.1, -0.05) is 56.3 Å². The standard InChI is InChI=1S/C18H19NO2S/c1-14(2)16-9-7-15(8-10-16)12-22(20,21)13-18-6-4-3-5-17(18)11-19/h3-10,14H,12-13H2,1-2H3. The first kappa shape index (κ1) is 16.3. The van der Waals surface area contributed by atoms with E-state index in [0.29, 0.717) is 17.0 Å². The molecule has 0 spiro atoms. The van der Waals surface area contributed by atoms with Crippen LogP contribution < -0.4 is 0 Å². The van der Waals surface area contributed by atoms with E-state index in [0.717, 1.165) is 5.56 Å². The summed E-state index contributed by atoms with van der Waals surface area (Å²) in [5.41, 5.74) is 2.94. The van der Waals surface area contributed by atoms with E-state index in [9.17, 15) is 8.42 Å². The Labute approximate surface area is 132 Å². The smallest absolute Gasteiger partial charge is 0.158 e. The highest BCUT2D eigenvalue weighted by molar-refractivity contribution is 7.89. The number of hydrogen-bond acceptors (Lipinski definition) is 3. The van der Waals surface area contributed by atoms with Crippen LogP contribution in [0.3, 0.4) is 0 Å². The van der Waals surface area contributed by atoms with Crippen LogP contribution in [0.1, 0.15) is 42.0 Å². The summed E-state index contributed by atoms with van der Waals surface area (Å²) in [5.74, 6) is 0.307. The van der Waals surface area contributed by atoms with Crippen molar-refractivity contribution < 1.29 is 8.42 Å². The Balaban J connectivity index is 2.16. The number of sulfone groups is 1. The van der Waals surface area contributed by atoms with E-state index >= 15 is 0 Å². The van der Waals surface area contributed by atoms with E-state index in [2.05, 4.69) is 13.8 Å². The summed E-state index contributed by atoms with van der Waals surface area (Å²) in [6.07, 6.45) is 0. The predicted octanol–water partition coefficient (Wildman–Crippen LogP) is 3.80. The van der Waals surface area contributed by atoms with Crippen molar-refractivity contribution in [2.45, 2.75) is 31.3 Å². The van der Waals surface area contributed by atoms with Crippen molar-refractivity contribution in [1.82, 2.24) is 0 Å². The molecule has 0 aliphatic carbocycles. The zero-order valence-electron chi connectivity index (χ0n) is 12.8. The number of rotatable bonds is 5. The number of nitriles is 1. The molecule has 0 N–H and O–H groups in total. The van der Waals surface area contributed by atoms with Gasteiger partial charge in [0.15, 0.2) is 9.84 Å². The van der Waals surface area contributed by atoms with E-state index < -0.39 is 9.84 Å². The van der Waals surface area contributed by atoms with E-state index in [1.54, 1.807) is 24.3 Å². The molecule has 0 bridgehead atoms. The predicted molar refractivity (Wildman–Crippen MR) is 88.0 cm³/mol. The van der Waals surface area contributed by atoms with Crippen LogP contribution in [0.5, 0.6) is 0 Å². The normalized spacial score (nSPS) is 11.4. The van der Waals surface area contributed by atoms with Crippen molar-refractivity contribution in [3.05, 3.63) is 70.8 Å². The fourth-order valence-corrected chi connectivity index (χ4v) is 3.82. The molecule has 0 aromatic heterocycles. The van der Waals surface area contributed by atoms with Gasteiger partial charge in [0.2, 0.25) is 0 Å². The van der Waals surface area contributed by atoms with Gasteiger partial charge in [-0.3, -0.25) is 0 Å². The molecule has 0 atom stereocenters. The lowest BCUT2D eigenvalue weighted by atomic mass is 10.0. The molecule has 0 fully saturated rings. The zero-order chi connectivity index (χ0) is 16.2. The molecular weight excluding hydrogens is 294 g/mol. The maximum Gasteiger partial charge on any atom is 0.158 e. The van der Waals surface area contributed by atoms with Crippen molar-refractivity contribution in [2.75, 3.05) is 0 Å². The largest absolute Gasteiger partial charge is 0.228 e. The Hall–Kier alpha value is -2.12. The van der Waals surface area contributed by atoms with Gasteiger partial charge >= 0.3 is 0 Å². The lowest BCUT2D eigenvalue weighted by Crippen LogP contribution is -2.09. The van der Waals surface area contributed by atoms with Crippen LogP contribution in [-0.4, -0.2) is 8.42 Å². The molecule has 2 aromatic carbocycles. The summed E-state index contributed by atoms with van der Waals surface area (Å²) in [6, 6.07) is 16.5. The molecular formula is C18H19NO2S. The Morgan fingerprint density at radius 2 is 1.64 bits per heavy atom. The summed E-state index contributed by atoms with van der Waals surface area (Å²) in [5, 5.41) is 9.04. The highest BCUT2D eigenvalue weighted by Crippen LogP contribution is 2.18. The van der Waals surface area contributed by atoms with Gasteiger partial charge in [-0.05, 0) is 28.7 Å². The number of hydrogen-bond donors (Lipinski definition) is 0. The van der Waals surface area contributed by atoms with Gasteiger partial charge in [-0.2, -0.15) is 5.26 Å².